The summed E-state index contributed by atoms with van der Waals surface area (Å²) in [5, 5.41) is 3.04. The Morgan fingerprint density at radius 1 is 1.53 bits per heavy atom. The predicted molar refractivity (Wildman–Crippen MR) is 56.5 cm³/mol. The van der Waals surface area contributed by atoms with Crippen molar-refractivity contribution in [2.75, 3.05) is 19.0 Å². The second kappa shape index (κ2) is 5.34. The number of hydrogen-bond acceptors (Lipinski definition) is 3. The third-order valence-corrected chi connectivity index (χ3v) is 1.95. The lowest BCUT2D eigenvalue weighted by molar-refractivity contribution is 0.0601. The van der Waals surface area contributed by atoms with E-state index in [0.717, 1.165) is 13.0 Å². The summed E-state index contributed by atoms with van der Waals surface area (Å²) in [5.41, 5.74) is 0.830. The van der Waals surface area contributed by atoms with Gasteiger partial charge in [0.2, 0.25) is 0 Å². The molecule has 15 heavy (non-hydrogen) atoms. The number of benzene rings is 1. The summed E-state index contributed by atoms with van der Waals surface area (Å²) in [6.45, 7) is 2.74. The molecule has 0 heterocycles. The summed E-state index contributed by atoms with van der Waals surface area (Å²) in [6.07, 6.45) is 0.929. The van der Waals surface area contributed by atoms with Gasteiger partial charge in [0, 0.05) is 12.2 Å². The van der Waals surface area contributed by atoms with Crippen LogP contribution in [0.15, 0.2) is 18.2 Å². The van der Waals surface area contributed by atoms with E-state index in [1.165, 1.54) is 25.3 Å². The number of esters is 1. The van der Waals surface area contributed by atoms with Crippen LogP contribution < -0.4 is 5.32 Å². The highest BCUT2D eigenvalue weighted by Gasteiger charge is 2.12. The molecule has 0 radical (unpaired) electrons. The molecule has 1 aromatic carbocycles. The van der Waals surface area contributed by atoms with Crippen LogP contribution in [-0.4, -0.2) is 19.6 Å². The van der Waals surface area contributed by atoms with Crippen molar-refractivity contribution in [3.05, 3.63) is 29.6 Å². The zero-order chi connectivity index (χ0) is 11.3. The van der Waals surface area contributed by atoms with Gasteiger partial charge in [0.1, 0.15) is 5.82 Å². The van der Waals surface area contributed by atoms with E-state index in [0.29, 0.717) is 5.69 Å². The fraction of sp³-hybridized carbons (Fsp3) is 0.364. The Bertz CT molecular complexity index is 352. The molecule has 0 aliphatic heterocycles. The van der Waals surface area contributed by atoms with Gasteiger partial charge in [0.25, 0.3) is 0 Å². The van der Waals surface area contributed by atoms with Crippen LogP contribution in [0.1, 0.15) is 23.7 Å². The van der Waals surface area contributed by atoms with Gasteiger partial charge in [-0.15, -0.1) is 0 Å². The SMILES string of the molecule is CCCNc1ccc(F)cc1C(=O)OC. The molecule has 1 rings (SSSR count). The highest BCUT2D eigenvalue weighted by Crippen LogP contribution is 2.17. The maximum atomic E-state index is 12.9. The maximum absolute atomic E-state index is 12.9. The molecule has 0 atom stereocenters. The van der Waals surface area contributed by atoms with E-state index in [-0.39, 0.29) is 5.56 Å². The zero-order valence-corrected chi connectivity index (χ0v) is 8.84. The van der Waals surface area contributed by atoms with Gasteiger partial charge in [-0.25, -0.2) is 9.18 Å². The van der Waals surface area contributed by atoms with Crippen molar-refractivity contribution >= 4 is 11.7 Å². The number of anilines is 1. The van der Waals surface area contributed by atoms with E-state index in [1.54, 1.807) is 0 Å². The van der Waals surface area contributed by atoms with E-state index in [9.17, 15) is 9.18 Å². The molecule has 1 N–H and O–H groups in total. The molecule has 0 spiro atoms. The molecular weight excluding hydrogens is 197 g/mol. The van der Waals surface area contributed by atoms with Gasteiger partial charge >= 0.3 is 5.97 Å². The Labute approximate surface area is 88.2 Å². The van der Waals surface area contributed by atoms with Crippen LogP contribution in [0, 0.1) is 5.82 Å². The highest BCUT2D eigenvalue weighted by molar-refractivity contribution is 5.95. The van der Waals surface area contributed by atoms with Crippen molar-refractivity contribution in [1.82, 2.24) is 0 Å². The second-order valence-corrected chi connectivity index (χ2v) is 3.11. The molecule has 82 valence electrons. The number of carbonyl (C=O) groups excluding carboxylic acids is 1. The molecule has 0 amide bonds. The fourth-order valence-electron chi connectivity index (χ4n) is 1.21. The third kappa shape index (κ3) is 2.94. The number of rotatable bonds is 4. The molecule has 0 unspecified atom stereocenters. The molecule has 0 bridgehead atoms. The van der Waals surface area contributed by atoms with Gasteiger partial charge < -0.3 is 10.1 Å². The number of nitrogens with one attached hydrogen (secondary N) is 1. The van der Waals surface area contributed by atoms with Crippen LogP contribution >= 0.6 is 0 Å². The first-order valence-corrected chi connectivity index (χ1v) is 4.80. The lowest BCUT2D eigenvalue weighted by Gasteiger charge is -2.09. The Morgan fingerprint density at radius 2 is 2.27 bits per heavy atom. The number of ether oxygens (including phenoxy) is 1. The molecule has 1 aromatic rings. The summed E-state index contributed by atoms with van der Waals surface area (Å²) in [7, 11) is 1.27. The average Bonchev–Trinajstić information content (AvgIpc) is 2.26. The zero-order valence-electron chi connectivity index (χ0n) is 8.84. The van der Waals surface area contributed by atoms with Crippen LogP contribution in [-0.2, 0) is 4.74 Å². The summed E-state index contributed by atoms with van der Waals surface area (Å²) in [4.78, 5) is 11.3. The van der Waals surface area contributed by atoms with Crippen LogP contribution in [0.5, 0.6) is 0 Å². The largest absolute Gasteiger partial charge is 0.465 e. The first-order chi connectivity index (χ1) is 7.19. The van der Waals surface area contributed by atoms with Crippen molar-refractivity contribution in [2.45, 2.75) is 13.3 Å². The standard InChI is InChI=1S/C11H14FNO2/c1-3-6-13-10-5-4-8(12)7-9(10)11(14)15-2/h4-5,7,13H,3,6H2,1-2H3. The quantitative estimate of drug-likeness (QED) is 0.777. The van der Waals surface area contributed by atoms with Crippen molar-refractivity contribution in [3.8, 4) is 0 Å². The third-order valence-electron chi connectivity index (χ3n) is 1.95. The van der Waals surface area contributed by atoms with Gasteiger partial charge in [-0.1, -0.05) is 6.92 Å². The van der Waals surface area contributed by atoms with Gasteiger partial charge in [0.05, 0.1) is 12.7 Å². The minimum atomic E-state index is -0.534. The smallest absolute Gasteiger partial charge is 0.340 e. The lowest BCUT2D eigenvalue weighted by Crippen LogP contribution is -2.09. The molecule has 4 heteroatoms. The van der Waals surface area contributed by atoms with E-state index in [4.69, 9.17) is 0 Å². The predicted octanol–water partition coefficient (Wildman–Crippen LogP) is 2.43. The monoisotopic (exact) mass is 211 g/mol. The van der Waals surface area contributed by atoms with Crippen LogP contribution in [0.2, 0.25) is 0 Å². The molecular formula is C11H14FNO2. The number of carbonyl (C=O) groups is 1. The molecule has 3 nitrogen and oxygen atoms in total. The molecule has 0 saturated carbocycles. The molecule has 0 aliphatic carbocycles. The van der Waals surface area contributed by atoms with Gasteiger partial charge in [-0.2, -0.15) is 0 Å². The van der Waals surface area contributed by atoms with Crippen molar-refractivity contribution in [1.29, 1.82) is 0 Å². The van der Waals surface area contributed by atoms with Gasteiger partial charge in [0.15, 0.2) is 0 Å². The van der Waals surface area contributed by atoms with Crippen molar-refractivity contribution < 1.29 is 13.9 Å². The lowest BCUT2D eigenvalue weighted by atomic mass is 10.1. The Morgan fingerprint density at radius 3 is 2.87 bits per heavy atom. The molecule has 0 saturated heterocycles. The normalized spacial score (nSPS) is 9.80. The first kappa shape index (κ1) is 11.5. The van der Waals surface area contributed by atoms with E-state index >= 15 is 0 Å². The van der Waals surface area contributed by atoms with Crippen LogP contribution in [0.4, 0.5) is 10.1 Å². The van der Waals surface area contributed by atoms with Crippen LogP contribution in [0.25, 0.3) is 0 Å². The summed E-state index contributed by atoms with van der Waals surface area (Å²) >= 11 is 0. The summed E-state index contributed by atoms with van der Waals surface area (Å²) < 4.78 is 17.5. The van der Waals surface area contributed by atoms with Crippen molar-refractivity contribution in [2.24, 2.45) is 0 Å². The highest BCUT2D eigenvalue weighted by atomic mass is 19.1. The number of hydrogen-bond donors (Lipinski definition) is 1. The Kier molecular flexibility index (Phi) is 4.09. The molecule has 0 aromatic heterocycles. The van der Waals surface area contributed by atoms with E-state index in [1.807, 2.05) is 6.92 Å². The maximum Gasteiger partial charge on any atom is 0.340 e. The fourth-order valence-corrected chi connectivity index (χ4v) is 1.21. The topological polar surface area (TPSA) is 38.3 Å². The second-order valence-electron chi connectivity index (χ2n) is 3.11. The minimum Gasteiger partial charge on any atom is -0.465 e. The van der Waals surface area contributed by atoms with Gasteiger partial charge in [-0.3, -0.25) is 0 Å². The summed E-state index contributed by atoms with van der Waals surface area (Å²) in [5.74, 6) is -0.981. The van der Waals surface area contributed by atoms with Gasteiger partial charge in [-0.05, 0) is 24.6 Å². The summed E-state index contributed by atoms with van der Waals surface area (Å²) in [6, 6.07) is 4.02. The van der Waals surface area contributed by atoms with E-state index in [2.05, 4.69) is 10.1 Å². The Balaban J connectivity index is 2.97. The van der Waals surface area contributed by atoms with Crippen LogP contribution in [0.3, 0.4) is 0 Å². The number of halogens is 1. The molecule has 0 aliphatic rings. The molecule has 0 fully saturated rings. The first-order valence-electron chi connectivity index (χ1n) is 4.80. The Hall–Kier alpha value is -1.58. The van der Waals surface area contributed by atoms with E-state index < -0.39 is 11.8 Å². The average molecular weight is 211 g/mol. The van der Waals surface area contributed by atoms with Crippen molar-refractivity contribution in [3.63, 3.8) is 0 Å². The number of methoxy groups -OCH3 is 1. The minimum absolute atomic E-state index is 0.228.